The van der Waals surface area contributed by atoms with Gasteiger partial charge >= 0.3 is 12.1 Å². The summed E-state index contributed by atoms with van der Waals surface area (Å²) >= 11 is 17.4. The standard InChI is InChI=1S/C17H9BCl3F3O2/c18-12-5-8(1-3-10(12)16(25)26)2-4-11(17(22,23)24)9-6-13(19)15(21)14(20)7-9/h1-7,11H,(H,25,26). The fraction of sp³-hybridized carbons (Fsp3) is 0.118. The number of carboxylic acids is 1. The van der Waals surface area contributed by atoms with E-state index in [-0.39, 0.29) is 31.7 Å². The van der Waals surface area contributed by atoms with Crippen molar-refractivity contribution in [1.82, 2.24) is 0 Å². The van der Waals surface area contributed by atoms with Crippen molar-refractivity contribution >= 4 is 60.2 Å². The number of alkyl halides is 3. The average Bonchev–Trinajstić information content (AvgIpc) is 2.51. The highest BCUT2D eigenvalue weighted by atomic mass is 35.5. The molecule has 2 aromatic carbocycles. The number of carbonyl (C=O) groups is 1. The fourth-order valence-electron chi connectivity index (χ4n) is 2.25. The maximum atomic E-state index is 13.4. The van der Waals surface area contributed by atoms with Crippen molar-refractivity contribution in [2.75, 3.05) is 0 Å². The van der Waals surface area contributed by atoms with Gasteiger partial charge in [0.15, 0.2) is 0 Å². The van der Waals surface area contributed by atoms with E-state index < -0.39 is 18.1 Å². The second-order valence-corrected chi connectivity index (χ2v) is 6.52. The molecule has 134 valence electrons. The highest BCUT2D eigenvalue weighted by Gasteiger charge is 2.39. The molecule has 0 spiro atoms. The van der Waals surface area contributed by atoms with Gasteiger partial charge in [-0.15, -0.1) is 0 Å². The van der Waals surface area contributed by atoms with Crippen molar-refractivity contribution in [2.24, 2.45) is 0 Å². The SMILES string of the molecule is [B]c1cc(C=CC(c2cc(Cl)c(Cl)c(Cl)c2)C(F)(F)F)ccc1C(=O)O. The minimum Gasteiger partial charge on any atom is -0.478 e. The largest absolute Gasteiger partial charge is 0.478 e. The van der Waals surface area contributed by atoms with E-state index in [1.54, 1.807) is 0 Å². The summed E-state index contributed by atoms with van der Waals surface area (Å²) in [5.41, 5.74) is -0.0530. The summed E-state index contributed by atoms with van der Waals surface area (Å²) in [5.74, 6) is -3.22. The van der Waals surface area contributed by atoms with E-state index >= 15 is 0 Å². The number of hydrogen-bond acceptors (Lipinski definition) is 1. The summed E-state index contributed by atoms with van der Waals surface area (Å²) < 4.78 is 40.3. The minimum absolute atomic E-state index is 0.0287. The van der Waals surface area contributed by atoms with Gasteiger partial charge in [0.1, 0.15) is 7.85 Å². The molecule has 2 radical (unpaired) electrons. The smallest absolute Gasteiger partial charge is 0.399 e. The molecule has 0 heterocycles. The normalized spacial score (nSPS) is 13.2. The lowest BCUT2D eigenvalue weighted by atomic mass is 9.88. The molecule has 2 aromatic rings. The van der Waals surface area contributed by atoms with Crippen LogP contribution in [0.25, 0.3) is 6.08 Å². The molecular weight excluding hydrogens is 410 g/mol. The topological polar surface area (TPSA) is 37.3 Å². The Kier molecular flexibility index (Phi) is 6.32. The fourth-order valence-corrected chi connectivity index (χ4v) is 2.86. The van der Waals surface area contributed by atoms with E-state index in [4.69, 9.17) is 47.8 Å². The minimum atomic E-state index is -4.61. The van der Waals surface area contributed by atoms with Gasteiger partial charge in [-0.1, -0.05) is 64.6 Å². The lowest BCUT2D eigenvalue weighted by Crippen LogP contribution is -2.19. The van der Waals surface area contributed by atoms with Gasteiger partial charge in [-0.3, -0.25) is 0 Å². The number of benzene rings is 2. The number of allylic oxidation sites excluding steroid dienone is 1. The first-order valence-electron chi connectivity index (χ1n) is 7.03. The Morgan fingerprint density at radius 1 is 1.12 bits per heavy atom. The van der Waals surface area contributed by atoms with Crippen LogP contribution in [0.5, 0.6) is 0 Å². The molecule has 1 atom stereocenters. The van der Waals surface area contributed by atoms with E-state index in [2.05, 4.69) is 0 Å². The van der Waals surface area contributed by atoms with Gasteiger partial charge in [-0.2, -0.15) is 13.2 Å². The molecule has 1 N–H and O–H groups in total. The zero-order valence-corrected chi connectivity index (χ0v) is 15.1. The first-order valence-corrected chi connectivity index (χ1v) is 8.16. The second-order valence-electron chi connectivity index (χ2n) is 5.33. The Morgan fingerprint density at radius 3 is 2.15 bits per heavy atom. The lowest BCUT2D eigenvalue weighted by Gasteiger charge is -2.18. The zero-order chi connectivity index (χ0) is 19.6. The first kappa shape index (κ1) is 20.7. The van der Waals surface area contributed by atoms with Gasteiger partial charge in [0.2, 0.25) is 0 Å². The Balaban J connectivity index is 2.42. The van der Waals surface area contributed by atoms with Gasteiger partial charge in [-0.25, -0.2) is 4.79 Å². The Morgan fingerprint density at radius 2 is 1.69 bits per heavy atom. The third kappa shape index (κ3) is 4.75. The van der Waals surface area contributed by atoms with E-state index in [1.165, 1.54) is 24.3 Å². The number of halogens is 6. The van der Waals surface area contributed by atoms with Crippen LogP contribution in [-0.4, -0.2) is 25.1 Å². The second kappa shape index (κ2) is 7.95. The summed E-state index contributed by atoms with van der Waals surface area (Å²) in [6.07, 6.45) is -2.51. The van der Waals surface area contributed by atoms with Gasteiger partial charge in [0.05, 0.1) is 26.5 Å². The van der Waals surface area contributed by atoms with Crippen LogP contribution in [0, 0.1) is 0 Å². The van der Waals surface area contributed by atoms with Gasteiger partial charge in [0.25, 0.3) is 0 Å². The molecule has 0 saturated heterocycles. The molecule has 0 bridgehead atoms. The monoisotopic (exact) mass is 418 g/mol. The van der Waals surface area contributed by atoms with Crippen LogP contribution in [0.4, 0.5) is 13.2 Å². The summed E-state index contributed by atoms with van der Waals surface area (Å²) in [6, 6.07) is 6.04. The molecule has 0 fully saturated rings. The van der Waals surface area contributed by atoms with E-state index in [1.807, 2.05) is 0 Å². The van der Waals surface area contributed by atoms with Crippen LogP contribution < -0.4 is 5.46 Å². The Labute approximate surface area is 163 Å². The third-order valence-electron chi connectivity index (χ3n) is 3.51. The van der Waals surface area contributed by atoms with Gasteiger partial charge in [-0.05, 0) is 29.3 Å². The molecule has 2 rings (SSSR count). The van der Waals surface area contributed by atoms with Crippen molar-refractivity contribution in [3.63, 3.8) is 0 Å². The van der Waals surface area contributed by atoms with Crippen molar-refractivity contribution in [3.8, 4) is 0 Å². The number of rotatable bonds is 4. The van der Waals surface area contributed by atoms with Crippen LogP contribution in [0.2, 0.25) is 15.1 Å². The van der Waals surface area contributed by atoms with Crippen molar-refractivity contribution in [3.05, 3.63) is 68.2 Å². The maximum Gasteiger partial charge on any atom is 0.399 e. The molecule has 2 nitrogen and oxygen atoms in total. The highest BCUT2D eigenvalue weighted by molar-refractivity contribution is 6.48. The molecule has 0 aliphatic heterocycles. The Bertz CT molecular complexity index is 859. The molecule has 0 amide bonds. The van der Waals surface area contributed by atoms with Crippen molar-refractivity contribution in [1.29, 1.82) is 0 Å². The van der Waals surface area contributed by atoms with Crippen LogP contribution >= 0.6 is 34.8 Å². The zero-order valence-electron chi connectivity index (χ0n) is 12.8. The van der Waals surface area contributed by atoms with Crippen molar-refractivity contribution < 1.29 is 23.1 Å². The Hall–Kier alpha value is -1.63. The highest BCUT2D eigenvalue weighted by Crippen LogP contribution is 2.41. The summed E-state index contributed by atoms with van der Waals surface area (Å²) in [7, 11) is 5.60. The first-order chi connectivity index (χ1) is 12.0. The molecule has 0 saturated carbocycles. The van der Waals surface area contributed by atoms with Crippen LogP contribution in [-0.2, 0) is 0 Å². The van der Waals surface area contributed by atoms with E-state index in [9.17, 15) is 18.0 Å². The molecule has 9 heteroatoms. The van der Waals surface area contributed by atoms with Gasteiger partial charge in [0, 0.05) is 0 Å². The van der Waals surface area contributed by atoms with E-state index in [0.717, 1.165) is 18.2 Å². The lowest BCUT2D eigenvalue weighted by molar-refractivity contribution is -0.139. The predicted octanol–water partition coefficient (Wildman–Crippen LogP) is 5.50. The predicted molar refractivity (Wildman–Crippen MR) is 98.1 cm³/mol. The number of carboxylic acid groups (broad SMARTS) is 1. The molecule has 0 aromatic heterocycles. The molecule has 0 aliphatic carbocycles. The van der Waals surface area contributed by atoms with Crippen LogP contribution in [0.15, 0.2) is 36.4 Å². The molecule has 26 heavy (non-hydrogen) atoms. The summed E-state index contributed by atoms with van der Waals surface area (Å²) in [6.45, 7) is 0. The molecule has 1 unspecified atom stereocenters. The van der Waals surface area contributed by atoms with Gasteiger partial charge < -0.3 is 5.11 Å². The van der Waals surface area contributed by atoms with Crippen LogP contribution in [0.1, 0.15) is 27.4 Å². The third-order valence-corrected chi connectivity index (χ3v) is 4.70. The van der Waals surface area contributed by atoms with Crippen molar-refractivity contribution in [2.45, 2.75) is 12.1 Å². The summed E-state index contributed by atoms with van der Waals surface area (Å²) in [4.78, 5) is 10.9. The van der Waals surface area contributed by atoms with Crippen LogP contribution in [0.3, 0.4) is 0 Å². The maximum absolute atomic E-state index is 13.4. The quantitative estimate of drug-likeness (QED) is 0.525. The summed E-state index contributed by atoms with van der Waals surface area (Å²) in [5, 5.41) is 8.71. The van der Waals surface area contributed by atoms with E-state index in [0.29, 0.717) is 5.56 Å². The number of hydrogen-bond donors (Lipinski definition) is 1. The molecule has 0 aliphatic rings. The molecular formula is C17H9BCl3F3O2. The number of aromatic carboxylic acids is 1. The average molecular weight is 419 g/mol.